The zero-order valence-electron chi connectivity index (χ0n) is 17.5. The van der Waals surface area contributed by atoms with Crippen LogP contribution in [0.1, 0.15) is 28.4 Å². The van der Waals surface area contributed by atoms with Gasteiger partial charge in [-0.3, -0.25) is 9.48 Å². The first-order chi connectivity index (χ1) is 15.6. The number of methoxy groups -OCH3 is 1. The summed E-state index contributed by atoms with van der Waals surface area (Å²) in [5, 5.41) is 18.1. The number of hydrogen-bond donors (Lipinski definition) is 1. The van der Waals surface area contributed by atoms with Crippen molar-refractivity contribution in [2.75, 3.05) is 25.9 Å². The Morgan fingerprint density at radius 3 is 2.75 bits per heavy atom. The second kappa shape index (κ2) is 7.74. The highest BCUT2D eigenvalue weighted by Gasteiger charge is 2.28. The molecule has 4 heterocycles. The number of anilines is 1. The van der Waals surface area contributed by atoms with E-state index in [4.69, 9.17) is 10.5 Å². The van der Waals surface area contributed by atoms with Gasteiger partial charge in [0.1, 0.15) is 22.9 Å². The second-order valence-electron chi connectivity index (χ2n) is 7.79. The molecule has 1 atom stereocenters. The highest BCUT2D eigenvalue weighted by Crippen LogP contribution is 2.31. The van der Waals surface area contributed by atoms with Gasteiger partial charge in [-0.1, -0.05) is 0 Å². The number of fused-ring (bicyclic) bond motifs is 1. The van der Waals surface area contributed by atoms with Crippen LogP contribution in [0.2, 0.25) is 0 Å². The maximum atomic E-state index is 12.8. The third-order valence-electron chi connectivity index (χ3n) is 5.83. The number of carbonyl (C=O) groups is 1. The molecule has 9 nitrogen and oxygen atoms in total. The Kier molecular flexibility index (Phi) is 4.75. The lowest BCUT2D eigenvalue weighted by atomic mass is 10.1. The molecule has 1 amide bonds. The fraction of sp³-hybridized carbons (Fsp3) is 0.217. The van der Waals surface area contributed by atoms with Crippen LogP contribution in [-0.2, 0) is 0 Å². The Morgan fingerprint density at radius 1 is 1.19 bits per heavy atom. The molecule has 1 aliphatic heterocycles. The van der Waals surface area contributed by atoms with Gasteiger partial charge in [-0.15, -0.1) is 0 Å². The summed E-state index contributed by atoms with van der Waals surface area (Å²) in [6.45, 7) is 1.27. The fourth-order valence-corrected chi connectivity index (χ4v) is 4.12. The molecule has 0 bridgehead atoms. The summed E-state index contributed by atoms with van der Waals surface area (Å²) < 4.78 is 9.05. The van der Waals surface area contributed by atoms with E-state index in [0.29, 0.717) is 41.2 Å². The van der Waals surface area contributed by atoms with Crippen LogP contribution in [0.3, 0.4) is 0 Å². The molecule has 2 N–H and O–H groups in total. The number of pyridine rings is 1. The van der Waals surface area contributed by atoms with Crippen LogP contribution in [-0.4, -0.2) is 50.4 Å². The molecule has 9 heteroatoms. The second-order valence-corrected chi connectivity index (χ2v) is 7.79. The number of aromatic nitrogens is 4. The minimum absolute atomic E-state index is 0.00190. The van der Waals surface area contributed by atoms with Crippen molar-refractivity contribution in [3.05, 3.63) is 66.2 Å². The Morgan fingerprint density at radius 2 is 2.00 bits per heavy atom. The van der Waals surface area contributed by atoms with Gasteiger partial charge in [0.15, 0.2) is 0 Å². The molecule has 1 aliphatic rings. The van der Waals surface area contributed by atoms with Crippen LogP contribution in [0.15, 0.2) is 55.1 Å². The lowest BCUT2D eigenvalue weighted by Crippen LogP contribution is -2.29. The summed E-state index contributed by atoms with van der Waals surface area (Å²) >= 11 is 0. The number of nitriles is 1. The first-order valence-electron chi connectivity index (χ1n) is 10.2. The Balaban J connectivity index is 1.37. The maximum absolute atomic E-state index is 12.8. The first-order valence-corrected chi connectivity index (χ1v) is 10.2. The van der Waals surface area contributed by atoms with E-state index in [2.05, 4.69) is 16.3 Å². The van der Waals surface area contributed by atoms with Crippen molar-refractivity contribution < 1.29 is 9.53 Å². The van der Waals surface area contributed by atoms with Gasteiger partial charge in [-0.2, -0.15) is 15.5 Å². The number of rotatable bonds is 4. The molecule has 0 aliphatic carbocycles. The lowest BCUT2D eigenvalue weighted by Gasteiger charge is -2.17. The topological polar surface area (TPSA) is 114 Å². The van der Waals surface area contributed by atoms with Crippen molar-refractivity contribution in [3.63, 3.8) is 0 Å². The van der Waals surface area contributed by atoms with Gasteiger partial charge in [-0.05, 0) is 36.8 Å². The summed E-state index contributed by atoms with van der Waals surface area (Å²) in [7, 11) is 1.57. The number of ether oxygens (including phenoxy) is 1. The SMILES string of the molecule is COc1cc(-c2cnn([C@H]3CCN(C(=O)c4ccc(N)cc4)C3)c2)cn2ncc(C#N)c12. The molecule has 3 aromatic heterocycles. The van der Waals surface area contributed by atoms with Gasteiger partial charge < -0.3 is 15.4 Å². The molecule has 160 valence electrons. The molecular formula is C23H21N7O2. The fourth-order valence-electron chi connectivity index (χ4n) is 4.12. The third-order valence-corrected chi connectivity index (χ3v) is 5.83. The maximum Gasteiger partial charge on any atom is 0.253 e. The highest BCUT2D eigenvalue weighted by molar-refractivity contribution is 5.94. The van der Waals surface area contributed by atoms with Gasteiger partial charge in [0.2, 0.25) is 0 Å². The standard InChI is InChI=1S/C23H21N7O2/c1-32-21-8-16(12-30-22(21)17(9-24)10-27-30)18-11-26-29(13-18)20-6-7-28(14-20)23(31)15-2-4-19(25)5-3-15/h2-5,8,10-13,20H,6-7,14,25H2,1H3/t20-/m0/s1. The average molecular weight is 427 g/mol. The molecule has 1 aromatic carbocycles. The van der Waals surface area contributed by atoms with E-state index in [9.17, 15) is 10.1 Å². The molecule has 0 radical (unpaired) electrons. The molecule has 1 fully saturated rings. The van der Waals surface area contributed by atoms with Gasteiger partial charge in [0.25, 0.3) is 5.91 Å². The number of amides is 1. The number of nitrogens with two attached hydrogens (primary N) is 1. The van der Waals surface area contributed by atoms with E-state index >= 15 is 0 Å². The monoisotopic (exact) mass is 427 g/mol. The summed E-state index contributed by atoms with van der Waals surface area (Å²) in [5.74, 6) is 0.576. The predicted molar refractivity (Wildman–Crippen MR) is 118 cm³/mol. The molecule has 1 saturated heterocycles. The van der Waals surface area contributed by atoms with Crippen LogP contribution >= 0.6 is 0 Å². The van der Waals surface area contributed by atoms with Gasteiger partial charge >= 0.3 is 0 Å². The number of nitrogen functional groups attached to an aromatic ring is 1. The Labute approximate surface area is 184 Å². The van der Waals surface area contributed by atoms with Gasteiger partial charge in [0.05, 0.1) is 25.5 Å². The number of likely N-dealkylation sites (tertiary alicyclic amines) is 1. The van der Waals surface area contributed by atoms with Gasteiger partial charge in [0, 0.05) is 47.9 Å². The molecular weight excluding hydrogens is 406 g/mol. The van der Waals surface area contributed by atoms with E-state index in [1.165, 1.54) is 6.20 Å². The summed E-state index contributed by atoms with van der Waals surface area (Å²) in [6.07, 6.45) is 7.97. The Hall–Kier alpha value is -4.32. The van der Waals surface area contributed by atoms with Crippen molar-refractivity contribution in [1.29, 1.82) is 5.26 Å². The van der Waals surface area contributed by atoms with Crippen LogP contribution in [0, 0.1) is 11.3 Å². The smallest absolute Gasteiger partial charge is 0.253 e. The molecule has 4 aromatic rings. The molecule has 0 spiro atoms. The number of benzene rings is 1. The lowest BCUT2D eigenvalue weighted by molar-refractivity contribution is 0.0787. The minimum atomic E-state index is 0.00190. The van der Waals surface area contributed by atoms with Crippen molar-refractivity contribution in [3.8, 4) is 22.9 Å². The van der Waals surface area contributed by atoms with Crippen molar-refractivity contribution in [2.45, 2.75) is 12.5 Å². The van der Waals surface area contributed by atoms with Gasteiger partial charge in [-0.25, -0.2) is 4.52 Å². The number of nitrogens with zero attached hydrogens (tertiary/aromatic N) is 6. The van der Waals surface area contributed by atoms with E-state index in [1.54, 1.807) is 42.1 Å². The number of hydrogen-bond acceptors (Lipinski definition) is 6. The third kappa shape index (κ3) is 3.32. The Bertz CT molecular complexity index is 1350. The summed E-state index contributed by atoms with van der Waals surface area (Å²) in [5.41, 5.74) is 9.87. The molecule has 32 heavy (non-hydrogen) atoms. The summed E-state index contributed by atoms with van der Waals surface area (Å²) in [6, 6.07) is 11.1. The van der Waals surface area contributed by atoms with E-state index < -0.39 is 0 Å². The molecule has 5 rings (SSSR count). The quantitative estimate of drug-likeness (QED) is 0.501. The van der Waals surface area contributed by atoms with E-state index in [1.807, 2.05) is 28.0 Å². The zero-order chi connectivity index (χ0) is 22.2. The van der Waals surface area contributed by atoms with Crippen LogP contribution in [0.4, 0.5) is 5.69 Å². The van der Waals surface area contributed by atoms with Crippen LogP contribution in [0.5, 0.6) is 5.75 Å². The van der Waals surface area contributed by atoms with E-state index in [0.717, 1.165) is 17.5 Å². The normalized spacial score (nSPS) is 15.8. The largest absolute Gasteiger partial charge is 0.494 e. The molecule has 0 saturated carbocycles. The van der Waals surface area contributed by atoms with Crippen molar-refractivity contribution in [2.24, 2.45) is 0 Å². The van der Waals surface area contributed by atoms with E-state index in [-0.39, 0.29) is 11.9 Å². The highest BCUT2D eigenvalue weighted by atomic mass is 16.5. The molecule has 0 unspecified atom stereocenters. The van der Waals surface area contributed by atoms with Crippen molar-refractivity contribution >= 4 is 17.1 Å². The van der Waals surface area contributed by atoms with Crippen LogP contribution < -0.4 is 10.5 Å². The summed E-state index contributed by atoms with van der Waals surface area (Å²) in [4.78, 5) is 14.6. The van der Waals surface area contributed by atoms with Crippen molar-refractivity contribution in [1.82, 2.24) is 24.3 Å². The zero-order valence-corrected chi connectivity index (χ0v) is 17.5. The van der Waals surface area contributed by atoms with Crippen LogP contribution in [0.25, 0.3) is 16.6 Å². The minimum Gasteiger partial charge on any atom is -0.494 e. The first kappa shape index (κ1) is 19.6. The average Bonchev–Trinajstić information content (AvgIpc) is 3.57. The number of carbonyl (C=O) groups excluding carboxylic acids is 1. The predicted octanol–water partition coefficient (Wildman–Crippen LogP) is 2.75.